The van der Waals surface area contributed by atoms with Crippen molar-refractivity contribution in [3.05, 3.63) is 31.9 Å². The summed E-state index contributed by atoms with van der Waals surface area (Å²) in [4.78, 5) is 23.4. The largest absolute Gasteiger partial charge is 0.326 e. The van der Waals surface area contributed by atoms with Crippen LogP contribution in [0, 0.1) is 13.7 Å². The lowest BCUT2D eigenvalue weighted by atomic mass is 10.2. The van der Waals surface area contributed by atoms with Gasteiger partial charge in [-0.15, -0.1) is 0 Å². The molecular weight excluding hydrogens is 337 g/mol. The first-order valence-electron chi connectivity index (χ1n) is 4.99. The van der Waals surface area contributed by atoms with Gasteiger partial charge in [-0.1, -0.05) is 0 Å². The van der Waals surface area contributed by atoms with E-state index in [9.17, 15) is 14.9 Å². The minimum absolute atomic E-state index is 0.0223. The molecule has 1 aromatic carbocycles. The van der Waals surface area contributed by atoms with Crippen molar-refractivity contribution < 1.29 is 9.72 Å². The van der Waals surface area contributed by atoms with Crippen LogP contribution in [0.4, 0.5) is 11.4 Å². The molecule has 0 saturated carbocycles. The average Bonchev–Trinajstić information content (AvgIpc) is 2.57. The second-order valence-electron chi connectivity index (χ2n) is 3.86. The van der Waals surface area contributed by atoms with Crippen molar-refractivity contribution in [3.8, 4) is 0 Å². The molecule has 1 fully saturated rings. The van der Waals surface area contributed by atoms with Crippen molar-refractivity contribution in [1.29, 1.82) is 0 Å². The van der Waals surface area contributed by atoms with Crippen molar-refractivity contribution in [1.82, 2.24) is 0 Å². The van der Waals surface area contributed by atoms with E-state index in [1.54, 1.807) is 11.0 Å². The molecular formula is C10H10IN3O3. The summed E-state index contributed by atoms with van der Waals surface area (Å²) in [6.45, 7) is 0.465. The first kappa shape index (κ1) is 12.2. The van der Waals surface area contributed by atoms with Gasteiger partial charge in [-0.25, -0.2) is 0 Å². The molecule has 7 heteroatoms. The summed E-state index contributed by atoms with van der Waals surface area (Å²) in [6.07, 6.45) is 0.326. The monoisotopic (exact) mass is 347 g/mol. The molecule has 1 aliphatic rings. The van der Waals surface area contributed by atoms with Gasteiger partial charge in [0, 0.05) is 34.7 Å². The van der Waals surface area contributed by atoms with E-state index >= 15 is 0 Å². The van der Waals surface area contributed by atoms with Gasteiger partial charge in [0.2, 0.25) is 5.91 Å². The molecule has 1 aromatic rings. The van der Waals surface area contributed by atoms with Crippen LogP contribution in [0.25, 0.3) is 0 Å². The quantitative estimate of drug-likeness (QED) is 0.496. The topological polar surface area (TPSA) is 89.5 Å². The minimum atomic E-state index is -0.455. The first-order valence-corrected chi connectivity index (χ1v) is 6.07. The summed E-state index contributed by atoms with van der Waals surface area (Å²) in [5.41, 5.74) is 6.42. The van der Waals surface area contributed by atoms with Crippen LogP contribution in [0.2, 0.25) is 0 Å². The van der Waals surface area contributed by atoms with Crippen LogP contribution < -0.4 is 10.6 Å². The Morgan fingerprint density at radius 2 is 2.24 bits per heavy atom. The van der Waals surface area contributed by atoms with Gasteiger partial charge >= 0.3 is 0 Å². The predicted molar refractivity (Wildman–Crippen MR) is 70.8 cm³/mol. The number of rotatable bonds is 2. The number of hydrogen-bond donors (Lipinski definition) is 1. The third-order valence-corrected chi connectivity index (χ3v) is 3.45. The maximum atomic E-state index is 11.7. The number of nitro benzene ring substituents is 1. The highest BCUT2D eigenvalue weighted by Crippen LogP contribution is 2.29. The van der Waals surface area contributed by atoms with Gasteiger partial charge in [0.25, 0.3) is 5.69 Å². The van der Waals surface area contributed by atoms with Crippen LogP contribution in [0.3, 0.4) is 0 Å². The van der Waals surface area contributed by atoms with Gasteiger partial charge in [-0.05, 0) is 28.7 Å². The highest BCUT2D eigenvalue weighted by molar-refractivity contribution is 14.1. The molecule has 2 N–H and O–H groups in total. The van der Waals surface area contributed by atoms with E-state index in [-0.39, 0.29) is 17.6 Å². The van der Waals surface area contributed by atoms with E-state index in [2.05, 4.69) is 0 Å². The van der Waals surface area contributed by atoms with Gasteiger partial charge in [-0.3, -0.25) is 14.9 Å². The Labute approximate surface area is 111 Å². The molecule has 1 unspecified atom stereocenters. The lowest BCUT2D eigenvalue weighted by Gasteiger charge is -2.17. The molecule has 0 radical (unpaired) electrons. The van der Waals surface area contributed by atoms with Crippen LogP contribution in [0.5, 0.6) is 0 Å². The van der Waals surface area contributed by atoms with Crippen LogP contribution >= 0.6 is 22.6 Å². The average molecular weight is 347 g/mol. The predicted octanol–water partition coefficient (Wildman–Crippen LogP) is 1.26. The Morgan fingerprint density at radius 3 is 2.71 bits per heavy atom. The van der Waals surface area contributed by atoms with Crippen LogP contribution in [0.1, 0.15) is 6.42 Å². The number of nitrogens with two attached hydrogens (primary N) is 1. The van der Waals surface area contributed by atoms with Crippen LogP contribution in [-0.4, -0.2) is 23.4 Å². The zero-order chi connectivity index (χ0) is 12.6. The van der Waals surface area contributed by atoms with Gasteiger partial charge in [0.1, 0.15) is 0 Å². The van der Waals surface area contributed by atoms with Crippen molar-refractivity contribution in [2.24, 2.45) is 5.73 Å². The minimum Gasteiger partial charge on any atom is -0.326 e. The second kappa shape index (κ2) is 4.57. The zero-order valence-electron chi connectivity index (χ0n) is 8.80. The fraction of sp³-hybridized carbons (Fsp3) is 0.300. The molecule has 1 saturated heterocycles. The molecule has 2 rings (SSSR count). The molecule has 0 aliphatic carbocycles. The van der Waals surface area contributed by atoms with Gasteiger partial charge in [0.05, 0.1) is 10.6 Å². The molecule has 0 spiro atoms. The summed E-state index contributed by atoms with van der Waals surface area (Å²) in [5, 5.41) is 10.6. The number of carbonyl (C=O) groups is 1. The Hall–Kier alpha value is -1.22. The molecule has 90 valence electrons. The molecule has 1 amide bonds. The third-order valence-electron chi connectivity index (χ3n) is 2.59. The maximum Gasteiger partial charge on any atom is 0.270 e. The van der Waals surface area contributed by atoms with Crippen molar-refractivity contribution >= 4 is 39.9 Å². The lowest BCUT2D eigenvalue weighted by molar-refractivity contribution is -0.384. The third kappa shape index (κ3) is 2.39. The highest BCUT2D eigenvalue weighted by Gasteiger charge is 2.29. The Kier molecular flexibility index (Phi) is 3.29. The van der Waals surface area contributed by atoms with Crippen LogP contribution in [-0.2, 0) is 4.79 Å². The SMILES string of the molecule is NC1CC(=O)N(c2ccc([N+](=O)[O-])cc2I)C1. The molecule has 17 heavy (non-hydrogen) atoms. The summed E-state index contributed by atoms with van der Waals surface area (Å²) >= 11 is 1.99. The van der Waals surface area contributed by atoms with Gasteiger partial charge in [-0.2, -0.15) is 0 Å². The molecule has 0 bridgehead atoms. The molecule has 1 heterocycles. The zero-order valence-corrected chi connectivity index (χ0v) is 11.0. The van der Waals surface area contributed by atoms with Crippen LogP contribution in [0.15, 0.2) is 18.2 Å². The molecule has 1 aliphatic heterocycles. The Morgan fingerprint density at radius 1 is 1.53 bits per heavy atom. The fourth-order valence-corrected chi connectivity index (χ4v) is 2.59. The number of halogens is 1. The van der Waals surface area contributed by atoms with E-state index in [4.69, 9.17) is 5.73 Å². The second-order valence-corrected chi connectivity index (χ2v) is 5.02. The fourth-order valence-electron chi connectivity index (χ4n) is 1.80. The molecule has 0 aromatic heterocycles. The molecule has 6 nitrogen and oxygen atoms in total. The number of amides is 1. The standard InChI is InChI=1S/C10H10IN3O3/c11-8-4-7(14(16)17)1-2-9(8)13-5-6(12)3-10(13)15/h1-2,4,6H,3,5,12H2. The van der Waals surface area contributed by atoms with E-state index < -0.39 is 4.92 Å². The normalized spacial score (nSPS) is 19.8. The number of carbonyl (C=O) groups excluding carboxylic acids is 1. The van der Waals surface area contributed by atoms with Gasteiger partial charge in [0.15, 0.2) is 0 Å². The number of nitrogens with zero attached hydrogens (tertiary/aromatic N) is 2. The van der Waals surface area contributed by atoms with E-state index in [1.807, 2.05) is 22.6 Å². The van der Waals surface area contributed by atoms with E-state index in [0.717, 1.165) is 0 Å². The molecule has 1 atom stereocenters. The van der Waals surface area contributed by atoms with Crippen molar-refractivity contribution in [2.45, 2.75) is 12.5 Å². The summed E-state index contributed by atoms with van der Waals surface area (Å²) < 4.78 is 0.680. The van der Waals surface area contributed by atoms with Gasteiger partial charge < -0.3 is 10.6 Å². The number of nitro groups is 1. The van der Waals surface area contributed by atoms with E-state index in [1.165, 1.54) is 12.1 Å². The summed E-state index contributed by atoms with van der Waals surface area (Å²) in [7, 11) is 0. The smallest absolute Gasteiger partial charge is 0.270 e. The van der Waals surface area contributed by atoms with Crippen molar-refractivity contribution in [2.75, 3.05) is 11.4 Å². The Bertz CT molecular complexity index is 492. The maximum absolute atomic E-state index is 11.7. The summed E-state index contributed by atoms with van der Waals surface area (Å²) in [5.74, 6) is -0.0377. The number of hydrogen-bond acceptors (Lipinski definition) is 4. The summed E-state index contributed by atoms with van der Waals surface area (Å²) in [6, 6.07) is 4.28. The number of non-ortho nitro benzene ring substituents is 1. The lowest BCUT2D eigenvalue weighted by Crippen LogP contribution is -2.28. The van der Waals surface area contributed by atoms with Crippen molar-refractivity contribution in [3.63, 3.8) is 0 Å². The highest BCUT2D eigenvalue weighted by atomic mass is 127. The van der Waals surface area contributed by atoms with E-state index in [0.29, 0.717) is 22.2 Å². The number of anilines is 1. The number of benzene rings is 1. The first-order chi connectivity index (χ1) is 7.99. The Balaban J connectivity index is 2.34.